The van der Waals surface area contributed by atoms with Crippen LogP contribution in [0.5, 0.6) is 0 Å². The summed E-state index contributed by atoms with van der Waals surface area (Å²) in [5, 5.41) is 0. The lowest BCUT2D eigenvalue weighted by Crippen LogP contribution is -2.54. The molecule has 0 aliphatic heterocycles. The SMILES string of the molecule is CCOC(=O)[C@H](OC(C)=O)[C@@H](OC(C)=O)[C@H](OC(C)=O)[C@@H](CI)OC(C)=O. The number of alkyl halides is 1. The van der Waals surface area contributed by atoms with Crippen LogP contribution in [0.25, 0.3) is 0 Å². The van der Waals surface area contributed by atoms with Crippen LogP contribution in [0.3, 0.4) is 0 Å². The minimum Gasteiger partial charge on any atom is -0.463 e. The lowest BCUT2D eigenvalue weighted by molar-refractivity contribution is -0.202. The number of carbonyl (C=O) groups is 5. The topological polar surface area (TPSA) is 132 Å². The van der Waals surface area contributed by atoms with E-state index in [-0.39, 0.29) is 11.0 Å². The van der Waals surface area contributed by atoms with Crippen molar-refractivity contribution in [2.75, 3.05) is 11.0 Å². The van der Waals surface area contributed by atoms with E-state index in [1.165, 1.54) is 6.92 Å². The molecule has 0 spiro atoms. The van der Waals surface area contributed by atoms with E-state index in [4.69, 9.17) is 23.7 Å². The number of ether oxygens (including phenoxy) is 5. The Labute approximate surface area is 170 Å². The number of hydrogen-bond acceptors (Lipinski definition) is 10. The first-order valence-electron chi connectivity index (χ1n) is 7.94. The number of halogens is 1. The molecule has 0 aromatic rings. The van der Waals surface area contributed by atoms with Gasteiger partial charge in [-0.25, -0.2) is 4.79 Å². The van der Waals surface area contributed by atoms with Crippen LogP contribution >= 0.6 is 22.6 Å². The Morgan fingerprint density at radius 2 is 1.19 bits per heavy atom. The maximum absolute atomic E-state index is 12.3. The second kappa shape index (κ2) is 12.5. The number of rotatable bonds is 10. The summed E-state index contributed by atoms with van der Waals surface area (Å²) in [7, 11) is 0. The molecule has 0 saturated carbocycles. The second-order valence-corrected chi connectivity index (χ2v) is 6.11. The maximum Gasteiger partial charge on any atom is 0.351 e. The quantitative estimate of drug-likeness (QED) is 0.182. The van der Waals surface area contributed by atoms with Gasteiger partial charge < -0.3 is 23.7 Å². The van der Waals surface area contributed by atoms with Crippen LogP contribution < -0.4 is 0 Å². The fourth-order valence-electron chi connectivity index (χ4n) is 2.09. The van der Waals surface area contributed by atoms with E-state index in [0.29, 0.717) is 0 Å². The Kier molecular flexibility index (Phi) is 11.6. The van der Waals surface area contributed by atoms with Crippen LogP contribution in [0, 0.1) is 0 Å². The largest absolute Gasteiger partial charge is 0.463 e. The Morgan fingerprint density at radius 1 is 0.741 bits per heavy atom. The highest BCUT2D eigenvalue weighted by Crippen LogP contribution is 2.21. The van der Waals surface area contributed by atoms with E-state index in [0.717, 1.165) is 27.7 Å². The van der Waals surface area contributed by atoms with Gasteiger partial charge in [-0.2, -0.15) is 0 Å². The maximum atomic E-state index is 12.3. The van der Waals surface area contributed by atoms with Crippen molar-refractivity contribution in [3.05, 3.63) is 0 Å². The van der Waals surface area contributed by atoms with Gasteiger partial charge in [0.1, 0.15) is 0 Å². The molecular formula is C16H23IO10. The minimum absolute atomic E-state index is 0.0404. The molecule has 0 heterocycles. The zero-order valence-electron chi connectivity index (χ0n) is 15.7. The molecule has 27 heavy (non-hydrogen) atoms. The van der Waals surface area contributed by atoms with E-state index in [2.05, 4.69) is 0 Å². The summed E-state index contributed by atoms with van der Waals surface area (Å²) >= 11 is 1.86. The molecule has 0 bridgehead atoms. The molecule has 4 atom stereocenters. The van der Waals surface area contributed by atoms with Crippen LogP contribution in [0.4, 0.5) is 0 Å². The molecule has 0 aromatic carbocycles. The monoisotopic (exact) mass is 502 g/mol. The molecule has 0 saturated heterocycles. The average molecular weight is 502 g/mol. The highest BCUT2D eigenvalue weighted by molar-refractivity contribution is 14.1. The molecule has 0 aliphatic carbocycles. The first-order chi connectivity index (χ1) is 12.5. The lowest BCUT2D eigenvalue weighted by Gasteiger charge is -2.34. The van der Waals surface area contributed by atoms with Gasteiger partial charge in [-0.05, 0) is 6.92 Å². The van der Waals surface area contributed by atoms with Crippen LogP contribution in [0.2, 0.25) is 0 Å². The minimum atomic E-state index is -1.73. The third-order valence-electron chi connectivity index (χ3n) is 2.87. The number of hydrogen-bond donors (Lipinski definition) is 0. The Bertz CT molecular complexity index is 561. The molecule has 0 rings (SSSR count). The summed E-state index contributed by atoms with van der Waals surface area (Å²) in [6, 6.07) is 0. The van der Waals surface area contributed by atoms with Gasteiger partial charge >= 0.3 is 29.8 Å². The molecule has 0 radical (unpaired) electrons. The highest BCUT2D eigenvalue weighted by Gasteiger charge is 2.46. The lowest BCUT2D eigenvalue weighted by atomic mass is 10.0. The summed E-state index contributed by atoms with van der Waals surface area (Å²) in [4.78, 5) is 58.3. The molecule has 0 aliphatic rings. The van der Waals surface area contributed by atoms with Gasteiger partial charge in [-0.3, -0.25) is 19.2 Å². The highest BCUT2D eigenvalue weighted by atomic mass is 127. The standard InChI is InChI=1S/C16H23IO10/c1-6-23-16(22)15(27-11(5)21)14(26-10(4)20)13(25-9(3)19)12(7-17)24-8(2)18/h12-15H,6-7H2,1-5H3/t12-,13-,14+,15-/m1/s1. The summed E-state index contributed by atoms with van der Waals surface area (Å²) in [5.41, 5.74) is 0. The predicted molar refractivity (Wildman–Crippen MR) is 97.7 cm³/mol. The summed E-state index contributed by atoms with van der Waals surface area (Å²) < 4.78 is 25.3. The zero-order valence-corrected chi connectivity index (χ0v) is 17.8. The summed E-state index contributed by atoms with van der Waals surface area (Å²) in [6.07, 6.45) is -5.81. The van der Waals surface area contributed by atoms with Crippen LogP contribution in [0.1, 0.15) is 34.6 Å². The van der Waals surface area contributed by atoms with Gasteiger partial charge in [0.15, 0.2) is 18.3 Å². The first-order valence-corrected chi connectivity index (χ1v) is 9.47. The zero-order chi connectivity index (χ0) is 21.1. The smallest absolute Gasteiger partial charge is 0.351 e. The fourth-order valence-corrected chi connectivity index (χ4v) is 2.77. The van der Waals surface area contributed by atoms with Crippen LogP contribution in [-0.4, -0.2) is 65.3 Å². The van der Waals surface area contributed by atoms with E-state index in [1.54, 1.807) is 0 Å². The Hall–Kier alpha value is -1.92. The van der Waals surface area contributed by atoms with Crippen molar-refractivity contribution in [1.29, 1.82) is 0 Å². The average Bonchev–Trinajstić information content (AvgIpc) is 2.53. The van der Waals surface area contributed by atoms with Crippen molar-refractivity contribution in [3.63, 3.8) is 0 Å². The Morgan fingerprint density at radius 3 is 1.56 bits per heavy atom. The van der Waals surface area contributed by atoms with E-state index < -0.39 is 54.3 Å². The van der Waals surface area contributed by atoms with Gasteiger partial charge in [0.05, 0.1) is 6.61 Å². The van der Waals surface area contributed by atoms with Crippen molar-refractivity contribution >= 4 is 52.4 Å². The van der Waals surface area contributed by atoms with Crippen molar-refractivity contribution in [1.82, 2.24) is 0 Å². The van der Waals surface area contributed by atoms with Crippen molar-refractivity contribution in [3.8, 4) is 0 Å². The summed E-state index contributed by atoms with van der Waals surface area (Å²) in [6.45, 7) is 5.81. The molecule has 154 valence electrons. The molecule has 10 nitrogen and oxygen atoms in total. The molecule has 0 N–H and O–H groups in total. The molecular weight excluding hydrogens is 479 g/mol. The fraction of sp³-hybridized carbons (Fsp3) is 0.688. The van der Waals surface area contributed by atoms with Crippen molar-refractivity contribution < 1.29 is 47.7 Å². The van der Waals surface area contributed by atoms with E-state index in [9.17, 15) is 24.0 Å². The summed E-state index contributed by atoms with van der Waals surface area (Å²) in [5.74, 6) is -4.18. The first kappa shape index (κ1) is 25.1. The normalized spacial score (nSPS) is 14.7. The molecule has 0 fully saturated rings. The third-order valence-corrected chi connectivity index (χ3v) is 3.74. The third kappa shape index (κ3) is 9.54. The van der Waals surface area contributed by atoms with E-state index in [1.807, 2.05) is 22.6 Å². The molecule has 0 aromatic heterocycles. The second-order valence-electron chi connectivity index (χ2n) is 5.23. The van der Waals surface area contributed by atoms with Gasteiger partial charge in [0.25, 0.3) is 0 Å². The number of esters is 5. The van der Waals surface area contributed by atoms with Crippen molar-refractivity contribution in [2.45, 2.75) is 59.0 Å². The van der Waals surface area contributed by atoms with Crippen LogP contribution in [-0.2, 0) is 47.7 Å². The molecule has 11 heteroatoms. The molecule has 0 amide bonds. The Balaban J connectivity index is 6.13. The van der Waals surface area contributed by atoms with Gasteiger partial charge in [0.2, 0.25) is 6.10 Å². The predicted octanol–water partition coefficient (Wildman–Crippen LogP) is 0.711. The van der Waals surface area contributed by atoms with E-state index >= 15 is 0 Å². The van der Waals surface area contributed by atoms with Crippen LogP contribution in [0.15, 0.2) is 0 Å². The van der Waals surface area contributed by atoms with Gasteiger partial charge in [-0.15, -0.1) is 0 Å². The van der Waals surface area contributed by atoms with Crippen molar-refractivity contribution in [2.24, 2.45) is 0 Å². The van der Waals surface area contributed by atoms with Gasteiger partial charge in [0, 0.05) is 32.1 Å². The number of carbonyl (C=O) groups excluding carboxylic acids is 5. The molecule has 0 unspecified atom stereocenters. The van der Waals surface area contributed by atoms with Gasteiger partial charge in [-0.1, -0.05) is 22.6 Å².